The highest BCUT2D eigenvalue weighted by Gasteiger charge is 2.31. The Labute approximate surface area is 211 Å². The van der Waals surface area contributed by atoms with E-state index in [1.165, 1.54) is 16.3 Å². The van der Waals surface area contributed by atoms with Gasteiger partial charge in [0.05, 0.1) is 22.5 Å². The lowest BCUT2D eigenvalue weighted by Crippen LogP contribution is -2.21. The van der Waals surface area contributed by atoms with Gasteiger partial charge in [0.1, 0.15) is 12.4 Å². The van der Waals surface area contributed by atoms with E-state index in [2.05, 4.69) is 10.1 Å². The van der Waals surface area contributed by atoms with Crippen LogP contribution in [-0.4, -0.2) is 27.7 Å². The highest BCUT2D eigenvalue weighted by molar-refractivity contribution is 7.14. The van der Waals surface area contributed by atoms with Crippen molar-refractivity contribution in [2.24, 2.45) is 5.10 Å². The van der Waals surface area contributed by atoms with Crippen molar-refractivity contribution in [1.82, 2.24) is 4.98 Å². The molecule has 0 spiro atoms. The summed E-state index contributed by atoms with van der Waals surface area (Å²) in [5.41, 5.74) is 4.63. The Balaban J connectivity index is 1.35. The van der Waals surface area contributed by atoms with Gasteiger partial charge in [0.2, 0.25) is 5.13 Å². The Kier molecular flexibility index (Phi) is 6.42. The topological polar surface area (TPSA) is 92.1 Å². The Morgan fingerprint density at radius 2 is 1.75 bits per heavy atom. The number of aromatic carboxylic acids is 1. The first-order valence-electron chi connectivity index (χ1n) is 11.2. The maximum Gasteiger partial charge on any atom is 0.335 e. The minimum atomic E-state index is -0.971. The largest absolute Gasteiger partial charge is 0.488 e. The summed E-state index contributed by atoms with van der Waals surface area (Å²) in [6.07, 6.45) is 1.77. The first kappa shape index (κ1) is 23.2. The number of aromatic nitrogens is 1. The zero-order valence-corrected chi connectivity index (χ0v) is 20.1. The number of rotatable bonds is 7. The predicted octanol–water partition coefficient (Wildman–Crippen LogP) is 5.89. The van der Waals surface area contributed by atoms with Crippen molar-refractivity contribution in [1.29, 1.82) is 0 Å². The fourth-order valence-electron chi connectivity index (χ4n) is 3.71. The molecule has 3 aromatic carbocycles. The molecule has 0 fully saturated rings. The van der Waals surface area contributed by atoms with Crippen LogP contribution in [0.2, 0.25) is 0 Å². The summed E-state index contributed by atoms with van der Waals surface area (Å²) in [5, 5.41) is 17.3. The van der Waals surface area contributed by atoms with E-state index in [1.807, 2.05) is 60.0 Å². The van der Waals surface area contributed by atoms with Gasteiger partial charge in [-0.1, -0.05) is 60.7 Å². The number of ether oxygens (including phenoxy) is 1. The number of carbonyl (C=O) groups is 2. The van der Waals surface area contributed by atoms with Crippen LogP contribution in [0.25, 0.3) is 17.3 Å². The summed E-state index contributed by atoms with van der Waals surface area (Å²) in [6.45, 7) is 2.05. The third kappa shape index (κ3) is 4.80. The lowest BCUT2D eigenvalue weighted by molar-refractivity contribution is -0.114. The summed E-state index contributed by atoms with van der Waals surface area (Å²) < 4.78 is 6.00. The average molecular weight is 496 g/mol. The molecule has 1 aliphatic rings. The predicted molar refractivity (Wildman–Crippen MR) is 140 cm³/mol. The molecule has 1 N–H and O–H groups in total. The van der Waals surface area contributed by atoms with Crippen LogP contribution in [0.4, 0.5) is 5.13 Å². The first-order valence-corrected chi connectivity index (χ1v) is 12.0. The van der Waals surface area contributed by atoms with E-state index < -0.39 is 5.97 Å². The van der Waals surface area contributed by atoms with Crippen LogP contribution in [0.1, 0.15) is 28.4 Å². The van der Waals surface area contributed by atoms with Crippen molar-refractivity contribution in [3.05, 3.63) is 107 Å². The minimum Gasteiger partial charge on any atom is -0.488 e. The van der Waals surface area contributed by atoms with Crippen LogP contribution in [-0.2, 0) is 11.4 Å². The molecular weight excluding hydrogens is 474 g/mol. The van der Waals surface area contributed by atoms with Gasteiger partial charge in [0.25, 0.3) is 5.91 Å². The van der Waals surface area contributed by atoms with Crippen molar-refractivity contribution < 1.29 is 19.4 Å². The van der Waals surface area contributed by atoms with Crippen molar-refractivity contribution in [3.8, 4) is 17.0 Å². The molecule has 1 aliphatic heterocycles. The van der Waals surface area contributed by atoms with E-state index in [9.17, 15) is 9.59 Å². The van der Waals surface area contributed by atoms with Gasteiger partial charge in [-0.3, -0.25) is 4.79 Å². The normalized spacial score (nSPS) is 14.2. The van der Waals surface area contributed by atoms with E-state index in [0.29, 0.717) is 22.2 Å². The van der Waals surface area contributed by atoms with Crippen LogP contribution >= 0.6 is 11.3 Å². The Morgan fingerprint density at radius 1 is 1.03 bits per heavy atom. The second kappa shape index (κ2) is 9.97. The molecule has 5 rings (SSSR count). The molecule has 0 bridgehead atoms. The number of carboxylic acid groups (broad SMARTS) is 1. The Hall–Kier alpha value is -4.56. The number of para-hydroxylation sites is 1. The molecule has 178 valence electrons. The van der Waals surface area contributed by atoms with Gasteiger partial charge in [-0.05, 0) is 36.8 Å². The van der Waals surface area contributed by atoms with E-state index in [1.54, 1.807) is 37.3 Å². The van der Waals surface area contributed by atoms with Crippen LogP contribution in [0.3, 0.4) is 0 Å². The van der Waals surface area contributed by atoms with E-state index in [-0.39, 0.29) is 18.1 Å². The van der Waals surface area contributed by atoms with Gasteiger partial charge in [0.15, 0.2) is 0 Å². The lowest BCUT2D eigenvalue weighted by Gasteiger charge is -2.10. The second-order valence-corrected chi connectivity index (χ2v) is 8.91. The van der Waals surface area contributed by atoms with E-state index in [4.69, 9.17) is 9.84 Å². The highest BCUT2D eigenvalue weighted by atomic mass is 32.1. The lowest BCUT2D eigenvalue weighted by atomic mass is 10.1. The maximum atomic E-state index is 13.3. The van der Waals surface area contributed by atoms with Crippen molar-refractivity contribution in [2.45, 2.75) is 13.5 Å². The molecular formula is C28H21N3O4S. The van der Waals surface area contributed by atoms with Crippen LogP contribution in [0.15, 0.2) is 94.9 Å². The molecule has 1 amide bonds. The minimum absolute atomic E-state index is 0.221. The molecule has 36 heavy (non-hydrogen) atoms. The third-order valence-corrected chi connectivity index (χ3v) is 6.44. The summed E-state index contributed by atoms with van der Waals surface area (Å²) in [5.74, 6) is -0.617. The van der Waals surface area contributed by atoms with Gasteiger partial charge in [-0.15, -0.1) is 11.3 Å². The van der Waals surface area contributed by atoms with Crippen LogP contribution in [0, 0.1) is 0 Å². The first-order chi connectivity index (χ1) is 17.5. The van der Waals surface area contributed by atoms with Crippen molar-refractivity contribution >= 4 is 40.1 Å². The number of nitrogens with zero attached hydrogens (tertiary/aromatic N) is 3. The standard InChI is InChI=1S/C28H21N3O4S/c1-18-23(26(32)31(30-18)28-29-24(17-36-28)20-7-3-2-4-8-20)15-22-9-5-6-10-25(22)35-16-19-11-13-21(14-12-19)27(33)34/h2-15,17H,16H2,1H3,(H,33,34). The van der Waals surface area contributed by atoms with Gasteiger partial charge in [-0.25, -0.2) is 9.78 Å². The van der Waals surface area contributed by atoms with E-state index in [0.717, 1.165) is 22.4 Å². The number of amides is 1. The van der Waals surface area contributed by atoms with E-state index >= 15 is 0 Å². The SMILES string of the molecule is CC1=NN(c2nc(-c3ccccc3)cs2)C(=O)C1=Cc1ccccc1OCc1ccc(C(=O)O)cc1. The van der Waals surface area contributed by atoms with Gasteiger partial charge < -0.3 is 9.84 Å². The Bertz CT molecular complexity index is 1490. The molecule has 7 nitrogen and oxygen atoms in total. The Morgan fingerprint density at radius 3 is 2.50 bits per heavy atom. The molecule has 2 heterocycles. The number of carbonyl (C=O) groups excluding carboxylic acids is 1. The second-order valence-electron chi connectivity index (χ2n) is 8.07. The fraction of sp³-hybridized carbons (Fsp3) is 0.0714. The average Bonchev–Trinajstić information content (AvgIpc) is 3.50. The zero-order chi connectivity index (χ0) is 25.1. The number of hydrogen-bond acceptors (Lipinski definition) is 6. The third-order valence-electron chi connectivity index (χ3n) is 5.62. The summed E-state index contributed by atoms with van der Waals surface area (Å²) in [7, 11) is 0. The molecule has 1 aromatic heterocycles. The molecule has 8 heteroatoms. The summed E-state index contributed by atoms with van der Waals surface area (Å²) >= 11 is 1.37. The van der Waals surface area contributed by atoms with Gasteiger partial charge >= 0.3 is 5.97 Å². The molecule has 0 atom stereocenters. The molecule has 0 aliphatic carbocycles. The van der Waals surface area contributed by atoms with Gasteiger partial charge in [0, 0.05) is 16.5 Å². The smallest absolute Gasteiger partial charge is 0.335 e. The quantitative estimate of drug-likeness (QED) is 0.323. The maximum absolute atomic E-state index is 13.3. The highest BCUT2D eigenvalue weighted by Crippen LogP contribution is 2.32. The number of anilines is 1. The van der Waals surface area contributed by atoms with Crippen molar-refractivity contribution in [3.63, 3.8) is 0 Å². The molecule has 0 saturated heterocycles. The number of hydrogen-bond donors (Lipinski definition) is 1. The number of hydrazone groups is 1. The fourth-order valence-corrected chi connectivity index (χ4v) is 4.49. The number of thiazole rings is 1. The van der Waals surface area contributed by atoms with Crippen LogP contribution < -0.4 is 9.75 Å². The van der Waals surface area contributed by atoms with Crippen LogP contribution in [0.5, 0.6) is 5.75 Å². The molecule has 0 radical (unpaired) electrons. The summed E-state index contributed by atoms with van der Waals surface area (Å²) in [4.78, 5) is 28.9. The number of benzene rings is 3. The molecule has 4 aromatic rings. The monoisotopic (exact) mass is 495 g/mol. The summed E-state index contributed by atoms with van der Waals surface area (Å²) in [6, 6.07) is 23.7. The van der Waals surface area contributed by atoms with Gasteiger partial charge in [-0.2, -0.15) is 10.1 Å². The number of carboxylic acids is 1. The zero-order valence-electron chi connectivity index (χ0n) is 19.3. The molecule has 0 unspecified atom stereocenters. The molecule has 0 saturated carbocycles. The van der Waals surface area contributed by atoms with Crippen molar-refractivity contribution in [2.75, 3.05) is 5.01 Å².